The Morgan fingerprint density at radius 3 is 2.70 bits per heavy atom. The number of nitrogens with zero attached hydrogens (tertiary/aromatic N) is 1. The third-order valence-electron chi connectivity index (χ3n) is 3.88. The highest BCUT2D eigenvalue weighted by atomic mass is 32.1. The van der Waals surface area contributed by atoms with E-state index in [1.54, 1.807) is 11.3 Å². The number of aromatic nitrogens is 2. The summed E-state index contributed by atoms with van der Waals surface area (Å²) in [4.78, 5) is 13.8. The van der Waals surface area contributed by atoms with Crippen LogP contribution >= 0.6 is 11.3 Å². The number of rotatable bonds is 5. The molecule has 0 bridgehead atoms. The molecule has 0 saturated carbocycles. The first-order chi connectivity index (χ1) is 11.2. The van der Waals surface area contributed by atoms with Gasteiger partial charge in [0.15, 0.2) is 0 Å². The predicted molar refractivity (Wildman–Crippen MR) is 94.7 cm³/mol. The number of hydrogen-bond acceptors (Lipinski definition) is 3. The van der Waals surface area contributed by atoms with Crippen LogP contribution in [0.3, 0.4) is 0 Å². The van der Waals surface area contributed by atoms with Crippen LogP contribution < -0.4 is 5.32 Å². The second kappa shape index (κ2) is 6.79. The number of H-pyrrole nitrogens is 1. The fourth-order valence-corrected chi connectivity index (χ4v) is 3.36. The number of hydrogen-bond donors (Lipinski definition) is 2. The summed E-state index contributed by atoms with van der Waals surface area (Å²) in [5.74, 6) is -0.164. The van der Waals surface area contributed by atoms with Crippen molar-refractivity contribution in [2.24, 2.45) is 0 Å². The van der Waals surface area contributed by atoms with Gasteiger partial charge in [0.2, 0.25) is 5.91 Å². The molecule has 1 unspecified atom stereocenters. The molecule has 1 amide bonds. The molecule has 1 atom stereocenters. The molecule has 0 aliphatic rings. The minimum Gasteiger partial charge on any atom is -0.322 e. The second-order valence-electron chi connectivity index (χ2n) is 5.41. The summed E-state index contributed by atoms with van der Waals surface area (Å²) in [7, 11) is 0. The van der Waals surface area contributed by atoms with E-state index in [-0.39, 0.29) is 11.8 Å². The van der Waals surface area contributed by atoms with Crippen molar-refractivity contribution >= 4 is 22.9 Å². The number of nitrogens with one attached hydrogen (secondary N) is 2. The lowest BCUT2D eigenvalue weighted by Crippen LogP contribution is -2.21. The van der Waals surface area contributed by atoms with Crippen LogP contribution in [0, 0.1) is 6.92 Å². The molecular formula is C18H19N3OS. The van der Waals surface area contributed by atoms with E-state index in [1.165, 1.54) is 0 Å². The molecule has 3 rings (SSSR count). The summed E-state index contributed by atoms with van der Waals surface area (Å²) in [6, 6.07) is 13.9. The Labute approximate surface area is 139 Å². The Bertz CT molecular complexity index is 778. The molecule has 2 heterocycles. The molecule has 2 N–H and O–H groups in total. The molecule has 118 valence electrons. The number of aryl methyl sites for hydroxylation is 1. The van der Waals surface area contributed by atoms with E-state index < -0.39 is 0 Å². The Balaban J connectivity index is 1.87. The first kappa shape index (κ1) is 15.5. The molecule has 0 fully saturated rings. The molecule has 0 saturated heterocycles. The largest absolute Gasteiger partial charge is 0.322 e. The SMILES string of the molecule is CCC(C(=O)Nc1c(-c2cccs2)n[nH]c1C)c1ccccc1. The summed E-state index contributed by atoms with van der Waals surface area (Å²) in [6.45, 7) is 3.95. The first-order valence-corrected chi connectivity index (χ1v) is 8.53. The number of thiophene rings is 1. The lowest BCUT2D eigenvalue weighted by molar-refractivity contribution is -0.117. The van der Waals surface area contributed by atoms with E-state index in [0.717, 1.165) is 33.9 Å². The molecule has 4 nitrogen and oxygen atoms in total. The highest BCUT2D eigenvalue weighted by Gasteiger charge is 2.22. The zero-order valence-corrected chi connectivity index (χ0v) is 14.0. The van der Waals surface area contributed by atoms with E-state index in [2.05, 4.69) is 15.5 Å². The second-order valence-corrected chi connectivity index (χ2v) is 6.36. The van der Waals surface area contributed by atoms with Gasteiger partial charge in [0, 0.05) is 0 Å². The van der Waals surface area contributed by atoms with Crippen molar-refractivity contribution in [2.45, 2.75) is 26.2 Å². The molecule has 1 aromatic carbocycles. The quantitative estimate of drug-likeness (QED) is 0.721. The Morgan fingerprint density at radius 2 is 2.04 bits per heavy atom. The number of amides is 1. The summed E-state index contributed by atoms with van der Waals surface area (Å²) < 4.78 is 0. The van der Waals surface area contributed by atoms with Crippen molar-refractivity contribution in [3.63, 3.8) is 0 Å². The minimum atomic E-state index is -0.165. The van der Waals surface area contributed by atoms with Gasteiger partial charge in [-0.05, 0) is 30.4 Å². The van der Waals surface area contributed by atoms with Gasteiger partial charge in [-0.2, -0.15) is 5.10 Å². The van der Waals surface area contributed by atoms with E-state index in [1.807, 2.05) is 61.7 Å². The van der Waals surface area contributed by atoms with Gasteiger partial charge in [-0.15, -0.1) is 11.3 Å². The van der Waals surface area contributed by atoms with Crippen LogP contribution in [-0.4, -0.2) is 16.1 Å². The number of carbonyl (C=O) groups excluding carboxylic acids is 1. The van der Waals surface area contributed by atoms with Crippen LogP contribution in [0.15, 0.2) is 47.8 Å². The van der Waals surface area contributed by atoms with E-state index in [4.69, 9.17) is 0 Å². The number of aromatic amines is 1. The lowest BCUT2D eigenvalue weighted by atomic mass is 9.95. The van der Waals surface area contributed by atoms with Gasteiger partial charge in [-0.1, -0.05) is 43.3 Å². The zero-order valence-electron chi connectivity index (χ0n) is 13.2. The van der Waals surface area contributed by atoms with Gasteiger partial charge in [-0.25, -0.2) is 0 Å². The maximum Gasteiger partial charge on any atom is 0.232 e. The summed E-state index contributed by atoms with van der Waals surface area (Å²) in [5.41, 5.74) is 3.47. The van der Waals surface area contributed by atoms with Gasteiger partial charge >= 0.3 is 0 Å². The average molecular weight is 325 g/mol. The molecular weight excluding hydrogens is 306 g/mol. The molecule has 0 aliphatic carbocycles. The standard InChI is InChI=1S/C18H19N3OS/c1-3-14(13-8-5-4-6-9-13)18(22)19-16-12(2)20-21-17(16)15-10-7-11-23-15/h4-11,14H,3H2,1-2H3,(H,19,22)(H,20,21). The van der Waals surface area contributed by atoms with Gasteiger partial charge in [0.05, 0.1) is 22.2 Å². The normalized spacial score (nSPS) is 12.1. The molecule has 2 aromatic heterocycles. The van der Waals surface area contributed by atoms with Crippen LogP contribution in [0.25, 0.3) is 10.6 Å². The van der Waals surface area contributed by atoms with Crippen LogP contribution in [0.2, 0.25) is 0 Å². The van der Waals surface area contributed by atoms with Crippen LogP contribution in [0.5, 0.6) is 0 Å². The van der Waals surface area contributed by atoms with Crippen molar-refractivity contribution < 1.29 is 4.79 Å². The lowest BCUT2D eigenvalue weighted by Gasteiger charge is -2.15. The highest BCUT2D eigenvalue weighted by molar-refractivity contribution is 7.13. The van der Waals surface area contributed by atoms with Crippen molar-refractivity contribution in [1.29, 1.82) is 0 Å². The highest BCUT2D eigenvalue weighted by Crippen LogP contribution is 2.32. The van der Waals surface area contributed by atoms with Crippen molar-refractivity contribution in [1.82, 2.24) is 10.2 Å². The maximum absolute atomic E-state index is 12.8. The number of anilines is 1. The minimum absolute atomic E-state index is 0.000932. The molecule has 5 heteroatoms. The number of carbonyl (C=O) groups is 1. The first-order valence-electron chi connectivity index (χ1n) is 7.65. The molecule has 3 aromatic rings. The third kappa shape index (κ3) is 3.19. The Hall–Kier alpha value is -2.40. The van der Waals surface area contributed by atoms with Crippen molar-refractivity contribution in [3.8, 4) is 10.6 Å². The van der Waals surface area contributed by atoms with Gasteiger partial charge < -0.3 is 5.32 Å². The molecule has 0 spiro atoms. The third-order valence-corrected chi connectivity index (χ3v) is 4.75. The van der Waals surface area contributed by atoms with Crippen LogP contribution in [0.4, 0.5) is 5.69 Å². The zero-order chi connectivity index (χ0) is 16.2. The molecule has 0 aliphatic heterocycles. The van der Waals surface area contributed by atoms with Gasteiger partial charge in [0.1, 0.15) is 5.69 Å². The predicted octanol–water partition coefficient (Wildman–Crippen LogP) is 4.58. The topological polar surface area (TPSA) is 57.8 Å². The Morgan fingerprint density at radius 1 is 1.26 bits per heavy atom. The summed E-state index contributed by atoms with van der Waals surface area (Å²) >= 11 is 1.61. The fourth-order valence-electron chi connectivity index (χ4n) is 2.64. The van der Waals surface area contributed by atoms with E-state index >= 15 is 0 Å². The monoisotopic (exact) mass is 325 g/mol. The number of benzene rings is 1. The average Bonchev–Trinajstić information content (AvgIpc) is 3.20. The summed E-state index contributed by atoms with van der Waals surface area (Å²) in [5, 5.41) is 12.4. The smallest absolute Gasteiger partial charge is 0.232 e. The van der Waals surface area contributed by atoms with Crippen molar-refractivity contribution in [3.05, 3.63) is 59.1 Å². The Kier molecular flexibility index (Phi) is 4.57. The molecule has 23 heavy (non-hydrogen) atoms. The van der Waals surface area contributed by atoms with E-state index in [0.29, 0.717) is 0 Å². The van der Waals surface area contributed by atoms with Crippen LogP contribution in [-0.2, 0) is 4.79 Å². The van der Waals surface area contributed by atoms with Crippen molar-refractivity contribution in [2.75, 3.05) is 5.32 Å². The van der Waals surface area contributed by atoms with E-state index in [9.17, 15) is 4.79 Å². The van der Waals surface area contributed by atoms with Gasteiger partial charge in [-0.3, -0.25) is 9.89 Å². The molecule has 0 radical (unpaired) electrons. The fraction of sp³-hybridized carbons (Fsp3) is 0.222. The maximum atomic E-state index is 12.8. The van der Waals surface area contributed by atoms with Gasteiger partial charge in [0.25, 0.3) is 0 Å². The van der Waals surface area contributed by atoms with Crippen LogP contribution in [0.1, 0.15) is 30.5 Å². The summed E-state index contributed by atoms with van der Waals surface area (Å²) in [6.07, 6.45) is 0.751.